The van der Waals surface area contributed by atoms with E-state index in [1.807, 2.05) is 66.1 Å². The van der Waals surface area contributed by atoms with Gasteiger partial charge in [0.2, 0.25) is 5.76 Å². The van der Waals surface area contributed by atoms with Gasteiger partial charge >= 0.3 is 0 Å². The fraction of sp³-hybridized carbons (Fsp3) is 0.259. The Morgan fingerprint density at radius 1 is 1.20 bits per heavy atom. The van der Waals surface area contributed by atoms with Crippen LogP contribution in [0, 0.1) is 18.3 Å². The number of rotatable bonds is 7. The van der Waals surface area contributed by atoms with E-state index in [2.05, 4.69) is 15.6 Å². The Balaban J connectivity index is 1.22. The van der Waals surface area contributed by atoms with Crippen LogP contribution in [0.2, 0.25) is 0 Å². The van der Waals surface area contributed by atoms with Crippen molar-refractivity contribution in [3.8, 4) is 6.07 Å². The summed E-state index contributed by atoms with van der Waals surface area (Å²) in [5, 5.41) is 14.9. The third-order valence-corrected chi connectivity index (χ3v) is 6.29. The Morgan fingerprint density at radius 2 is 1.97 bits per heavy atom. The molecule has 2 amide bonds. The number of hydrogen-bond acceptors (Lipinski definition) is 5. The van der Waals surface area contributed by atoms with Gasteiger partial charge in [-0.1, -0.05) is 30.3 Å². The first kappa shape index (κ1) is 22.4. The summed E-state index contributed by atoms with van der Waals surface area (Å²) >= 11 is 0. The summed E-state index contributed by atoms with van der Waals surface area (Å²) in [6.07, 6.45) is 4.19. The number of benzene rings is 1. The fourth-order valence-electron chi connectivity index (χ4n) is 4.17. The monoisotopic (exact) mass is 467 g/mol. The maximum Gasteiger partial charge on any atom is 0.272 e. The zero-order chi connectivity index (χ0) is 24.5. The molecular formula is C27H25N5O3. The van der Waals surface area contributed by atoms with Crippen LogP contribution in [0.4, 0.5) is 0 Å². The molecule has 0 saturated heterocycles. The minimum atomic E-state index is -0.297. The molecule has 1 unspecified atom stereocenters. The van der Waals surface area contributed by atoms with Gasteiger partial charge in [0.05, 0.1) is 17.1 Å². The lowest BCUT2D eigenvalue weighted by Gasteiger charge is -2.15. The standard InChI is InChI=1S/C27H25N5O3/c1-16(30-26(33)22-13-21(14-28)35-17(22)2)19-8-6-18(7-9-19)15-29-27(34)24-23-5-3-4-12-32(23)25(31-24)20-10-11-20/h3-9,12-13,16,20H,10-11,15H2,1-2H3,(H,29,34)(H,30,33). The Hall–Kier alpha value is -4.38. The maximum absolute atomic E-state index is 12.9. The SMILES string of the molecule is Cc1oc(C#N)cc1C(=O)NC(C)c1ccc(CNC(=O)c2nc(C3CC3)n3ccccc23)cc1. The number of nitriles is 1. The van der Waals surface area contributed by atoms with Crippen LogP contribution in [0.1, 0.15) is 81.0 Å². The molecule has 1 aromatic carbocycles. The van der Waals surface area contributed by atoms with Crippen LogP contribution < -0.4 is 10.6 Å². The number of carbonyl (C=O) groups is 2. The van der Waals surface area contributed by atoms with Gasteiger partial charge < -0.3 is 19.5 Å². The Labute approximate surface area is 202 Å². The molecule has 1 atom stereocenters. The first-order chi connectivity index (χ1) is 16.9. The third kappa shape index (κ3) is 4.53. The van der Waals surface area contributed by atoms with Gasteiger partial charge in [-0.15, -0.1) is 0 Å². The van der Waals surface area contributed by atoms with Crippen LogP contribution in [-0.2, 0) is 6.54 Å². The average Bonchev–Trinajstić information content (AvgIpc) is 3.53. The summed E-state index contributed by atoms with van der Waals surface area (Å²) in [5.41, 5.74) is 3.49. The molecule has 5 rings (SSSR count). The molecule has 0 spiro atoms. The lowest BCUT2D eigenvalue weighted by Crippen LogP contribution is -2.27. The molecule has 176 valence electrons. The van der Waals surface area contributed by atoms with Crippen molar-refractivity contribution in [1.82, 2.24) is 20.0 Å². The van der Waals surface area contributed by atoms with Gasteiger partial charge in [-0.3, -0.25) is 9.59 Å². The predicted molar refractivity (Wildman–Crippen MR) is 129 cm³/mol. The summed E-state index contributed by atoms with van der Waals surface area (Å²) in [6.45, 7) is 3.91. The molecule has 35 heavy (non-hydrogen) atoms. The topological polar surface area (TPSA) is 112 Å². The van der Waals surface area contributed by atoms with E-state index in [-0.39, 0.29) is 23.6 Å². The zero-order valence-electron chi connectivity index (χ0n) is 19.5. The Morgan fingerprint density at radius 3 is 2.66 bits per heavy atom. The van der Waals surface area contributed by atoms with E-state index in [1.165, 1.54) is 6.07 Å². The Bertz CT molecular complexity index is 1450. The van der Waals surface area contributed by atoms with Crippen molar-refractivity contribution >= 4 is 17.3 Å². The van der Waals surface area contributed by atoms with Crippen LogP contribution in [-0.4, -0.2) is 21.2 Å². The third-order valence-electron chi connectivity index (χ3n) is 6.29. The Kier molecular flexibility index (Phi) is 5.83. The summed E-state index contributed by atoms with van der Waals surface area (Å²) in [7, 11) is 0. The zero-order valence-corrected chi connectivity index (χ0v) is 19.5. The van der Waals surface area contributed by atoms with Crippen molar-refractivity contribution in [3.63, 3.8) is 0 Å². The highest BCUT2D eigenvalue weighted by molar-refractivity contribution is 5.99. The second kappa shape index (κ2) is 9.11. The summed E-state index contributed by atoms with van der Waals surface area (Å²) < 4.78 is 7.26. The minimum Gasteiger partial charge on any atom is -0.450 e. The minimum absolute atomic E-state index is 0.110. The van der Waals surface area contributed by atoms with E-state index >= 15 is 0 Å². The van der Waals surface area contributed by atoms with Crippen LogP contribution in [0.3, 0.4) is 0 Å². The van der Waals surface area contributed by atoms with E-state index in [4.69, 9.17) is 9.68 Å². The smallest absolute Gasteiger partial charge is 0.272 e. The van der Waals surface area contributed by atoms with Crippen molar-refractivity contribution in [2.75, 3.05) is 0 Å². The number of aromatic nitrogens is 2. The molecule has 0 bridgehead atoms. The molecule has 3 heterocycles. The van der Waals surface area contributed by atoms with Gasteiger partial charge in [0.25, 0.3) is 11.8 Å². The van der Waals surface area contributed by atoms with Crippen LogP contribution in [0.25, 0.3) is 5.52 Å². The van der Waals surface area contributed by atoms with E-state index < -0.39 is 0 Å². The molecule has 1 aliphatic rings. The number of amides is 2. The number of nitrogens with one attached hydrogen (secondary N) is 2. The fourth-order valence-corrected chi connectivity index (χ4v) is 4.17. The number of furan rings is 1. The number of pyridine rings is 1. The molecule has 3 aromatic heterocycles. The molecule has 2 N–H and O–H groups in total. The first-order valence-corrected chi connectivity index (χ1v) is 11.6. The number of carbonyl (C=O) groups excluding carboxylic acids is 2. The van der Waals surface area contributed by atoms with E-state index in [0.29, 0.717) is 29.5 Å². The molecule has 1 aliphatic carbocycles. The van der Waals surface area contributed by atoms with E-state index in [1.54, 1.807) is 6.92 Å². The number of fused-ring (bicyclic) bond motifs is 1. The quantitative estimate of drug-likeness (QED) is 0.418. The van der Waals surface area contributed by atoms with Gasteiger partial charge in [0, 0.05) is 24.7 Å². The van der Waals surface area contributed by atoms with Crippen molar-refractivity contribution in [2.45, 2.75) is 45.2 Å². The van der Waals surface area contributed by atoms with E-state index in [0.717, 1.165) is 35.3 Å². The van der Waals surface area contributed by atoms with Crippen molar-refractivity contribution in [2.24, 2.45) is 0 Å². The highest BCUT2D eigenvalue weighted by Gasteiger charge is 2.30. The average molecular weight is 468 g/mol. The van der Waals surface area contributed by atoms with Gasteiger partial charge in [0.1, 0.15) is 17.7 Å². The largest absolute Gasteiger partial charge is 0.450 e. The predicted octanol–water partition coefficient (Wildman–Crippen LogP) is 4.41. The lowest BCUT2D eigenvalue weighted by atomic mass is 10.1. The molecule has 8 heteroatoms. The van der Waals surface area contributed by atoms with Crippen molar-refractivity contribution in [3.05, 3.63) is 94.5 Å². The normalized spacial score (nSPS) is 13.9. The second-order valence-electron chi connectivity index (χ2n) is 8.86. The molecular weight excluding hydrogens is 442 g/mol. The van der Waals surface area contributed by atoms with Crippen LogP contribution >= 0.6 is 0 Å². The van der Waals surface area contributed by atoms with Gasteiger partial charge in [0.15, 0.2) is 5.69 Å². The van der Waals surface area contributed by atoms with Crippen LogP contribution in [0.5, 0.6) is 0 Å². The van der Waals surface area contributed by atoms with E-state index in [9.17, 15) is 9.59 Å². The lowest BCUT2D eigenvalue weighted by molar-refractivity contribution is 0.0933. The molecule has 1 saturated carbocycles. The number of imidazole rings is 1. The molecule has 1 fully saturated rings. The maximum atomic E-state index is 12.9. The summed E-state index contributed by atoms with van der Waals surface area (Å²) in [6, 6.07) is 16.6. The van der Waals surface area contributed by atoms with Crippen molar-refractivity contribution < 1.29 is 14.0 Å². The molecule has 0 radical (unpaired) electrons. The highest BCUT2D eigenvalue weighted by atomic mass is 16.3. The highest BCUT2D eigenvalue weighted by Crippen LogP contribution is 2.40. The number of aryl methyl sites for hydroxylation is 1. The summed E-state index contributed by atoms with van der Waals surface area (Å²) in [5.74, 6) is 1.42. The van der Waals surface area contributed by atoms with Crippen molar-refractivity contribution in [1.29, 1.82) is 5.26 Å². The first-order valence-electron chi connectivity index (χ1n) is 11.6. The number of hydrogen-bond donors (Lipinski definition) is 2. The molecule has 0 aliphatic heterocycles. The van der Waals surface area contributed by atoms with Gasteiger partial charge in [-0.2, -0.15) is 5.26 Å². The van der Waals surface area contributed by atoms with Gasteiger partial charge in [-0.05, 0) is 49.9 Å². The number of nitrogens with zero attached hydrogens (tertiary/aromatic N) is 3. The van der Waals surface area contributed by atoms with Gasteiger partial charge in [-0.25, -0.2) is 4.98 Å². The molecule has 8 nitrogen and oxygen atoms in total. The second-order valence-corrected chi connectivity index (χ2v) is 8.86. The van der Waals surface area contributed by atoms with Crippen LogP contribution in [0.15, 0.2) is 59.1 Å². The summed E-state index contributed by atoms with van der Waals surface area (Å²) in [4.78, 5) is 30.1. The molecule has 4 aromatic rings.